The molecule has 0 spiro atoms. The van der Waals surface area contributed by atoms with Gasteiger partial charge in [0, 0.05) is 21.9 Å². The third-order valence-electron chi connectivity index (χ3n) is 5.10. The molecule has 0 saturated heterocycles. The van der Waals surface area contributed by atoms with E-state index in [1.165, 1.54) is 40.4 Å². The molecule has 1 aromatic heterocycles. The number of fused-ring (bicyclic) bond motifs is 2. The Morgan fingerprint density at radius 1 is 1.20 bits per heavy atom. The van der Waals surface area contributed by atoms with E-state index in [1.807, 2.05) is 6.20 Å². The van der Waals surface area contributed by atoms with Crippen LogP contribution in [0.25, 0.3) is 11.1 Å². The van der Waals surface area contributed by atoms with Crippen molar-refractivity contribution in [3.05, 3.63) is 40.2 Å². The van der Waals surface area contributed by atoms with E-state index in [1.54, 1.807) is 0 Å². The van der Waals surface area contributed by atoms with Crippen LogP contribution in [0.15, 0.2) is 36.7 Å². The summed E-state index contributed by atoms with van der Waals surface area (Å²) >= 11 is 2.36. The van der Waals surface area contributed by atoms with E-state index in [2.05, 4.69) is 62.8 Å². The van der Waals surface area contributed by atoms with Crippen LogP contribution in [0.1, 0.15) is 25.7 Å². The molecule has 104 valence electrons. The van der Waals surface area contributed by atoms with Gasteiger partial charge in [-0.3, -0.25) is 4.68 Å². The van der Waals surface area contributed by atoms with Gasteiger partial charge >= 0.3 is 0 Å². The summed E-state index contributed by atoms with van der Waals surface area (Å²) < 4.78 is 3.45. The molecule has 3 unspecified atom stereocenters. The van der Waals surface area contributed by atoms with Crippen molar-refractivity contribution in [1.29, 1.82) is 0 Å². The Kier molecular flexibility index (Phi) is 3.33. The van der Waals surface area contributed by atoms with Gasteiger partial charge in [-0.05, 0) is 77.3 Å². The topological polar surface area (TPSA) is 17.8 Å². The first-order valence-electron chi connectivity index (χ1n) is 7.56. The molecule has 2 fully saturated rings. The predicted octanol–water partition coefficient (Wildman–Crippen LogP) is 4.59. The first kappa shape index (κ1) is 12.9. The van der Waals surface area contributed by atoms with Gasteiger partial charge in [0.15, 0.2) is 0 Å². The Labute approximate surface area is 133 Å². The molecule has 2 aliphatic carbocycles. The second-order valence-corrected chi connectivity index (χ2v) is 7.64. The average Bonchev–Trinajstić information content (AvgIpc) is 3.14. The number of hydrogen-bond acceptors (Lipinski definition) is 1. The molecular formula is C17H19IN2. The van der Waals surface area contributed by atoms with Crippen LogP contribution in [-0.4, -0.2) is 9.78 Å². The van der Waals surface area contributed by atoms with Crippen molar-refractivity contribution in [2.45, 2.75) is 32.2 Å². The second kappa shape index (κ2) is 5.17. The number of aromatic nitrogens is 2. The zero-order valence-electron chi connectivity index (χ0n) is 11.5. The molecule has 0 aliphatic heterocycles. The molecule has 20 heavy (non-hydrogen) atoms. The third-order valence-corrected chi connectivity index (χ3v) is 5.77. The van der Waals surface area contributed by atoms with Gasteiger partial charge in [0.2, 0.25) is 0 Å². The van der Waals surface area contributed by atoms with E-state index < -0.39 is 0 Å². The number of hydrogen-bond donors (Lipinski definition) is 0. The zero-order chi connectivity index (χ0) is 13.5. The van der Waals surface area contributed by atoms with Crippen molar-refractivity contribution < 1.29 is 0 Å². The molecule has 2 saturated carbocycles. The fourth-order valence-electron chi connectivity index (χ4n) is 4.12. The lowest BCUT2D eigenvalue weighted by atomic mass is 9.89. The molecule has 0 amide bonds. The van der Waals surface area contributed by atoms with Gasteiger partial charge in [-0.2, -0.15) is 5.10 Å². The smallest absolute Gasteiger partial charge is 0.0568 e. The van der Waals surface area contributed by atoms with Crippen molar-refractivity contribution in [2.75, 3.05) is 0 Å². The van der Waals surface area contributed by atoms with E-state index >= 15 is 0 Å². The summed E-state index contributed by atoms with van der Waals surface area (Å²) in [5, 5.41) is 4.58. The van der Waals surface area contributed by atoms with Gasteiger partial charge in [0.25, 0.3) is 0 Å². The van der Waals surface area contributed by atoms with Crippen LogP contribution in [0.3, 0.4) is 0 Å². The predicted molar refractivity (Wildman–Crippen MR) is 89.3 cm³/mol. The summed E-state index contributed by atoms with van der Waals surface area (Å²) in [4.78, 5) is 0. The Balaban J connectivity index is 1.51. The maximum absolute atomic E-state index is 4.58. The minimum Gasteiger partial charge on any atom is -0.272 e. The van der Waals surface area contributed by atoms with Crippen LogP contribution in [0, 0.1) is 21.3 Å². The molecule has 3 heteroatoms. The number of benzene rings is 1. The highest BCUT2D eigenvalue weighted by molar-refractivity contribution is 14.1. The molecule has 1 aromatic carbocycles. The van der Waals surface area contributed by atoms with Crippen LogP contribution in [0.4, 0.5) is 0 Å². The molecule has 2 nitrogen and oxygen atoms in total. The second-order valence-electron chi connectivity index (χ2n) is 6.40. The molecule has 2 aliphatic rings. The Morgan fingerprint density at radius 3 is 2.90 bits per heavy atom. The van der Waals surface area contributed by atoms with Gasteiger partial charge in [-0.15, -0.1) is 0 Å². The maximum Gasteiger partial charge on any atom is 0.0568 e. The van der Waals surface area contributed by atoms with Crippen LogP contribution in [0.2, 0.25) is 0 Å². The highest BCUT2D eigenvalue weighted by Crippen LogP contribution is 2.48. The van der Waals surface area contributed by atoms with Gasteiger partial charge in [-0.1, -0.05) is 18.6 Å². The van der Waals surface area contributed by atoms with Gasteiger partial charge in [-0.25, -0.2) is 0 Å². The summed E-state index contributed by atoms with van der Waals surface area (Å²) in [5.41, 5.74) is 2.52. The van der Waals surface area contributed by atoms with Crippen LogP contribution >= 0.6 is 22.6 Å². The van der Waals surface area contributed by atoms with E-state index in [9.17, 15) is 0 Å². The van der Waals surface area contributed by atoms with Crippen molar-refractivity contribution in [3.63, 3.8) is 0 Å². The minimum atomic E-state index is 0.873. The molecule has 3 atom stereocenters. The number of nitrogens with zero attached hydrogens (tertiary/aromatic N) is 2. The summed E-state index contributed by atoms with van der Waals surface area (Å²) in [5.74, 6) is 2.87. The van der Waals surface area contributed by atoms with Gasteiger partial charge in [0.1, 0.15) is 0 Å². The highest BCUT2D eigenvalue weighted by Gasteiger charge is 2.39. The SMILES string of the molecule is Ic1cccc(-c2cnn(CC3CC4CCC3C4)c2)c1. The minimum absolute atomic E-state index is 0.873. The summed E-state index contributed by atoms with van der Waals surface area (Å²) in [6, 6.07) is 8.63. The van der Waals surface area contributed by atoms with Crippen molar-refractivity contribution in [2.24, 2.45) is 17.8 Å². The van der Waals surface area contributed by atoms with Gasteiger partial charge in [0.05, 0.1) is 6.20 Å². The number of halogens is 1. The molecule has 4 rings (SSSR count). The monoisotopic (exact) mass is 378 g/mol. The van der Waals surface area contributed by atoms with E-state index in [0.29, 0.717) is 0 Å². The fraction of sp³-hybridized carbons (Fsp3) is 0.471. The Morgan fingerprint density at radius 2 is 2.15 bits per heavy atom. The first-order valence-corrected chi connectivity index (χ1v) is 8.64. The normalized spacial score (nSPS) is 28.1. The van der Waals surface area contributed by atoms with Crippen molar-refractivity contribution in [1.82, 2.24) is 9.78 Å². The Hall–Kier alpha value is -0.840. The lowest BCUT2D eigenvalue weighted by Crippen LogP contribution is -2.17. The molecular weight excluding hydrogens is 359 g/mol. The summed E-state index contributed by atoms with van der Waals surface area (Å²) in [7, 11) is 0. The lowest BCUT2D eigenvalue weighted by Gasteiger charge is -2.21. The fourth-order valence-corrected chi connectivity index (χ4v) is 4.66. The standard InChI is InChI=1S/C17H19IN2/c18-17-3-1-2-13(8-17)16-9-19-20(11-16)10-15-7-12-4-5-14(15)6-12/h1-3,8-9,11-12,14-15H,4-7,10H2. The Bertz CT molecular complexity index is 619. The largest absolute Gasteiger partial charge is 0.272 e. The molecule has 2 bridgehead atoms. The van der Waals surface area contributed by atoms with Crippen molar-refractivity contribution >= 4 is 22.6 Å². The molecule has 2 aromatic rings. The van der Waals surface area contributed by atoms with Crippen LogP contribution in [0.5, 0.6) is 0 Å². The number of rotatable bonds is 3. The highest BCUT2D eigenvalue weighted by atomic mass is 127. The third kappa shape index (κ3) is 2.41. The quantitative estimate of drug-likeness (QED) is 0.715. The van der Waals surface area contributed by atoms with Crippen LogP contribution < -0.4 is 0 Å². The first-order chi connectivity index (χ1) is 9.78. The molecule has 0 radical (unpaired) electrons. The van der Waals surface area contributed by atoms with E-state index in [-0.39, 0.29) is 0 Å². The summed E-state index contributed by atoms with van der Waals surface area (Å²) in [6.07, 6.45) is 10.1. The molecule has 0 N–H and O–H groups in total. The van der Waals surface area contributed by atoms with Crippen molar-refractivity contribution in [3.8, 4) is 11.1 Å². The zero-order valence-corrected chi connectivity index (χ0v) is 13.7. The van der Waals surface area contributed by atoms with Gasteiger partial charge < -0.3 is 0 Å². The average molecular weight is 378 g/mol. The lowest BCUT2D eigenvalue weighted by molar-refractivity contribution is 0.285. The van der Waals surface area contributed by atoms with E-state index in [4.69, 9.17) is 0 Å². The van der Waals surface area contributed by atoms with E-state index in [0.717, 1.165) is 24.3 Å². The summed E-state index contributed by atoms with van der Waals surface area (Å²) in [6.45, 7) is 1.12. The molecule has 1 heterocycles. The van der Waals surface area contributed by atoms with Crippen LogP contribution in [-0.2, 0) is 6.54 Å². The maximum atomic E-state index is 4.58.